The van der Waals surface area contributed by atoms with Crippen LogP contribution >= 0.6 is 12.4 Å². The van der Waals surface area contributed by atoms with Crippen molar-refractivity contribution in [2.45, 2.75) is 32.0 Å². The van der Waals surface area contributed by atoms with Crippen molar-refractivity contribution >= 4 is 29.9 Å². The smallest absolute Gasteiger partial charge is 0.332 e. The van der Waals surface area contributed by atoms with Crippen molar-refractivity contribution in [3.63, 3.8) is 0 Å². The molecule has 2 amide bonds. The van der Waals surface area contributed by atoms with Crippen molar-refractivity contribution in [1.82, 2.24) is 10.2 Å². The van der Waals surface area contributed by atoms with Gasteiger partial charge in [-0.2, -0.15) is 13.2 Å². The number of anilines is 1. The number of carbonyl (C=O) groups is 2. The van der Waals surface area contributed by atoms with Crippen LogP contribution in [0.3, 0.4) is 0 Å². The molecule has 0 spiro atoms. The van der Waals surface area contributed by atoms with Crippen LogP contribution in [0.5, 0.6) is 0 Å². The van der Waals surface area contributed by atoms with Gasteiger partial charge >= 0.3 is 6.18 Å². The predicted octanol–water partition coefficient (Wildman–Crippen LogP) is 2.67. The van der Waals surface area contributed by atoms with Gasteiger partial charge < -0.3 is 15.5 Å². The molecule has 1 aliphatic rings. The van der Waals surface area contributed by atoms with Crippen LogP contribution in [0.4, 0.5) is 18.9 Å². The second-order valence-electron chi connectivity index (χ2n) is 5.59. The van der Waals surface area contributed by atoms with E-state index in [1.54, 1.807) is 6.92 Å². The van der Waals surface area contributed by atoms with Gasteiger partial charge in [0.2, 0.25) is 11.8 Å². The van der Waals surface area contributed by atoms with Crippen LogP contribution in [0, 0.1) is 0 Å². The summed E-state index contributed by atoms with van der Waals surface area (Å²) in [5.41, 5.74) is -1.22. The molecular weight excluding hydrogens is 359 g/mol. The maximum Gasteiger partial charge on any atom is 0.418 e. The molecule has 0 aliphatic carbocycles. The summed E-state index contributed by atoms with van der Waals surface area (Å²) in [5, 5.41) is 5.31. The largest absolute Gasteiger partial charge is 0.418 e. The van der Waals surface area contributed by atoms with Crippen molar-refractivity contribution in [1.29, 1.82) is 0 Å². The van der Waals surface area contributed by atoms with E-state index in [4.69, 9.17) is 0 Å². The minimum absolute atomic E-state index is 0. The number of alkyl halides is 3. The van der Waals surface area contributed by atoms with E-state index in [0.717, 1.165) is 19.0 Å². The van der Waals surface area contributed by atoms with Crippen LogP contribution in [0.1, 0.15) is 25.3 Å². The van der Waals surface area contributed by atoms with Gasteiger partial charge in [-0.15, -0.1) is 12.4 Å². The highest BCUT2D eigenvalue weighted by Gasteiger charge is 2.34. The summed E-state index contributed by atoms with van der Waals surface area (Å²) in [5.74, 6) is -0.853. The van der Waals surface area contributed by atoms with E-state index >= 15 is 0 Å². The number of rotatable bonds is 5. The lowest BCUT2D eigenvalue weighted by atomic mass is 10.1. The van der Waals surface area contributed by atoms with Crippen LogP contribution in [0.2, 0.25) is 0 Å². The van der Waals surface area contributed by atoms with E-state index in [1.807, 2.05) is 0 Å². The quantitative estimate of drug-likeness (QED) is 0.826. The lowest BCUT2D eigenvalue weighted by Crippen LogP contribution is -2.46. The number of hydrogen-bond acceptors (Lipinski definition) is 3. The third-order valence-electron chi connectivity index (χ3n) is 3.89. The van der Waals surface area contributed by atoms with Crippen LogP contribution in [-0.4, -0.2) is 42.4 Å². The Morgan fingerprint density at radius 1 is 1.32 bits per heavy atom. The van der Waals surface area contributed by atoms with E-state index in [-0.39, 0.29) is 36.6 Å². The number of nitrogens with one attached hydrogen (secondary N) is 2. The number of likely N-dealkylation sites (N-methyl/N-ethyl adjacent to an activating group) is 1. The molecule has 1 aromatic carbocycles. The van der Waals surface area contributed by atoms with Gasteiger partial charge in [-0.25, -0.2) is 0 Å². The zero-order valence-electron chi connectivity index (χ0n) is 13.7. The maximum absolute atomic E-state index is 12.9. The molecular formula is C16H21ClF3N3O2. The molecule has 1 aliphatic heterocycles. The molecule has 25 heavy (non-hydrogen) atoms. The normalized spacial score (nSPS) is 16.9. The molecule has 0 aromatic heterocycles. The second-order valence-corrected chi connectivity index (χ2v) is 5.59. The van der Waals surface area contributed by atoms with E-state index in [9.17, 15) is 22.8 Å². The standard InChI is InChI=1S/C16H20F3N3O2.ClH/c1-2-22(15(24)13-8-5-9-20-13)10-14(23)21-12-7-4-3-6-11(12)16(17,18)19;/h3-4,6-7,13,20H,2,5,8-10H2,1H3,(H,21,23);1H. The zero-order valence-corrected chi connectivity index (χ0v) is 14.5. The molecule has 0 bridgehead atoms. The molecule has 1 atom stereocenters. The van der Waals surface area contributed by atoms with Crippen molar-refractivity contribution in [2.75, 3.05) is 25.0 Å². The van der Waals surface area contributed by atoms with Gasteiger partial charge in [0.25, 0.3) is 0 Å². The highest BCUT2D eigenvalue weighted by molar-refractivity contribution is 5.96. The SMILES string of the molecule is CCN(CC(=O)Nc1ccccc1C(F)(F)F)C(=O)C1CCCN1.Cl. The second kappa shape index (κ2) is 9.05. The lowest BCUT2D eigenvalue weighted by molar-refractivity contribution is -0.137. The Hall–Kier alpha value is -1.80. The van der Waals surface area contributed by atoms with Crippen LogP contribution in [0.25, 0.3) is 0 Å². The highest BCUT2D eigenvalue weighted by atomic mass is 35.5. The van der Waals surface area contributed by atoms with Crippen molar-refractivity contribution in [3.8, 4) is 0 Å². The minimum Gasteiger partial charge on any atom is -0.332 e. The monoisotopic (exact) mass is 379 g/mol. The van der Waals surface area contributed by atoms with Crippen LogP contribution in [0.15, 0.2) is 24.3 Å². The number of nitrogens with zero attached hydrogens (tertiary/aromatic N) is 1. The summed E-state index contributed by atoms with van der Waals surface area (Å²) in [4.78, 5) is 25.7. The Labute approximate surface area is 150 Å². The van der Waals surface area contributed by atoms with E-state index in [1.165, 1.54) is 23.1 Å². The Morgan fingerprint density at radius 2 is 2.00 bits per heavy atom. The van der Waals surface area contributed by atoms with Gasteiger partial charge in [-0.1, -0.05) is 12.1 Å². The number of hydrogen-bond donors (Lipinski definition) is 2. The van der Waals surface area contributed by atoms with Gasteiger partial charge in [0, 0.05) is 6.54 Å². The fourth-order valence-electron chi connectivity index (χ4n) is 2.66. The average Bonchev–Trinajstić information content (AvgIpc) is 3.06. The summed E-state index contributed by atoms with van der Waals surface area (Å²) in [7, 11) is 0. The van der Waals surface area contributed by atoms with Crippen molar-refractivity contribution in [2.24, 2.45) is 0 Å². The first-order valence-electron chi connectivity index (χ1n) is 7.81. The van der Waals surface area contributed by atoms with Crippen molar-refractivity contribution < 1.29 is 22.8 Å². The topological polar surface area (TPSA) is 61.4 Å². The molecule has 9 heteroatoms. The number of amides is 2. The number of para-hydroxylation sites is 1. The first-order valence-corrected chi connectivity index (χ1v) is 7.81. The Bertz CT molecular complexity index is 605. The molecule has 2 rings (SSSR count). The maximum atomic E-state index is 12.9. The first-order chi connectivity index (χ1) is 11.3. The fraction of sp³-hybridized carbons (Fsp3) is 0.500. The lowest BCUT2D eigenvalue weighted by Gasteiger charge is -2.24. The highest BCUT2D eigenvalue weighted by Crippen LogP contribution is 2.34. The molecule has 1 aromatic rings. The Kier molecular flexibility index (Phi) is 7.69. The number of halogens is 4. The first kappa shape index (κ1) is 21.2. The third kappa shape index (κ3) is 5.61. The van der Waals surface area contributed by atoms with Crippen LogP contribution < -0.4 is 10.6 Å². The van der Waals surface area contributed by atoms with Gasteiger partial charge in [0.05, 0.1) is 23.8 Å². The Morgan fingerprint density at radius 3 is 2.56 bits per heavy atom. The molecule has 1 fully saturated rings. The Balaban J connectivity index is 0.00000312. The third-order valence-corrected chi connectivity index (χ3v) is 3.89. The molecule has 0 radical (unpaired) electrons. The molecule has 1 heterocycles. The summed E-state index contributed by atoms with van der Waals surface area (Å²) >= 11 is 0. The average molecular weight is 380 g/mol. The van der Waals surface area contributed by atoms with Gasteiger partial charge in [0.1, 0.15) is 0 Å². The van der Waals surface area contributed by atoms with Crippen LogP contribution in [-0.2, 0) is 15.8 Å². The van der Waals surface area contributed by atoms with E-state index in [0.29, 0.717) is 13.0 Å². The summed E-state index contributed by atoms with van der Waals surface area (Å²) in [6.07, 6.45) is -2.97. The molecule has 5 nitrogen and oxygen atoms in total. The zero-order chi connectivity index (χ0) is 17.7. The van der Waals surface area contributed by atoms with Crippen molar-refractivity contribution in [3.05, 3.63) is 29.8 Å². The van der Waals surface area contributed by atoms with Gasteiger partial charge in [-0.3, -0.25) is 9.59 Å². The molecule has 0 saturated carbocycles. The minimum atomic E-state index is -4.56. The molecule has 1 saturated heterocycles. The fourth-order valence-corrected chi connectivity index (χ4v) is 2.66. The molecule has 1 unspecified atom stereocenters. The summed E-state index contributed by atoms with van der Waals surface area (Å²) in [6, 6.07) is 4.44. The van der Waals surface area contributed by atoms with Gasteiger partial charge in [-0.05, 0) is 38.4 Å². The van der Waals surface area contributed by atoms with E-state index < -0.39 is 17.6 Å². The number of benzene rings is 1. The predicted molar refractivity (Wildman–Crippen MR) is 90.6 cm³/mol. The molecule has 2 N–H and O–H groups in total. The van der Waals surface area contributed by atoms with Gasteiger partial charge in [0.15, 0.2) is 0 Å². The summed E-state index contributed by atoms with van der Waals surface area (Å²) < 4.78 is 38.8. The molecule has 140 valence electrons. The van der Waals surface area contributed by atoms with E-state index in [2.05, 4.69) is 10.6 Å². The number of carbonyl (C=O) groups excluding carboxylic acids is 2. The summed E-state index contributed by atoms with van der Waals surface area (Å²) in [6.45, 7) is 2.51.